The molecule has 4 nitrogen and oxygen atoms in total. The van der Waals surface area contributed by atoms with Gasteiger partial charge in [0.1, 0.15) is 0 Å². The van der Waals surface area contributed by atoms with Gasteiger partial charge in [0.05, 0.1) is 12.2 Å². The molecule has 3 aliphatic rings. The molecule has 3 fully saturated rings. The predicted molar refractivity (Wildman–Crippen MR) is 125 cm³/mol. The summed E-state index contributed by atoms with van der Waals surface area (Å²) in [6.07, 6.45) is 15.3. The van der Waals surface area contributed by atoms with E-state index in [1.807, 2.05) is 24.8 Å². The average molecular weight is 428 g/mol. The Morgan fingerprint density at radius 1 is 1.26 bits per heavy atom. The highest BCUT2D eigenvalue weighted by Crippen LogP contribution is 2.50. The molecule has 31 heavy (non-hydrogen) atoms. The quantitative estimate of drug-likeness (QED) is 0.341. The van der Waals surface area contributed by atoms with Crippen LogP contribution in [0.25, 0.3) is 0 Å². The van der Waals surface area contributed by atoms with E-state index in [1.54, 1.807) is 0 Å². The van der Waals surface area contributed by atoms with Crippen LogP contribution in [0.1, 0.15) is 78.1 Å². The van der Waals surface area contributed by atoms with Crippen LogP contribution in [0.4, 0.5) is 0 Å². The maximum Gasteiger partial charge on any atom is 0.222 e. The Labute approximate surface area is 188 Å². The van der Waals surface area contributed by atoms with Gasteiger partial charge in [-0.2, -0.15) is 0 Å². The zero-order valence-electron chi connectivity index (χ0n) is 19.4. The number of unbranched alkanes of at least 4 members (excludes halogenated alkanes) is 1. The van der Waals surface area contributed by atoms with Crippen molar-refractivity contribution in [2.45, 2.75) is 90.3 Å². The summed E-state index contributed by atoms with van der Waals surface area (Å²) >= 11 is 0. The smallest absolute Gasteiger partial charge is 0.222 e. The molecule has 2 aliphatic carbocycles. The van der Waals surface area contributed by atoms with Gasteiger partial charge in [0.15, 0.2) is 0 Å². The van der Waals surface area contributed by atoms with Gasteiger partial charge in [-0.3, -0.25) is 4.79 Å². The van der Waals surface area contributed by atoms with Crippen molar-refractivity contribution in [3.8, 4) is 11.8 Å². The van der Waals surface area contributed by atoms with Crippen molar-refractivity contribution >= 4 is 5.91 Å². The van der Waals surface area contributed by atoms with Crippen molar-refractivity contribution in [3.63, 3.8) is 0 Å². The number of carbonyl (C=O) groups is 1. The number of amides is 1. The Balaban J connectivity index is 1.45. The average Bonchev–Trinajstić information content (AvgIpc) is 3.30. The van der Waals surface area contributed by atoms with Gasteiger partial charge in [0, 0.05) is 31.8 Å². The SMILES string of the molecule is CC#CC[C@H](C)[C@H](O)C=C[C@@H]1[C@H]2CC(=CCCCC(=O)N3CCCCC3)C[C@H]2C[C@H]1O. The van der Waals surface area contributed by atoms with Crippen LogP contribution in [0.3, 0.4) is 0 Å². The number of piperidine rings is 1. The van der Waals surface area contributed by atoms with E-state index in [0.29, 0.717) is 30.6 Å². The lowest BCUT2D eigenvalue weighted by atomic mass is 9.89. The van der Waals surface area contributed by atoms with Crippen LogP contribution < -0.4 is 0 Å². The lowest BCUT2D eigenvalue weighted by Gasteiger charge is -2.26. The van der Waals surface area contributed by atoms with Crippen molar-refractivity contribution in [2.24, 2.45) is 23.7 Å². The third kappa shape index (κ3) is 6.70. The van der Waals surface area contributed by atoms with Gasteiger partial charge < -0.3 is 15.1 Å². The molecular weight excluding hydrogens is 386 g/mol. The van der Waals surface area contributed by atoms with E-state index in [4.69, 9.17) is 0 Å². The summed E-state index contributed by atoms with van der Waals surface area (Å²) in [6.45, 7) is 5.72. The Kier molecular flexibility index (Phi) is 9.23. The summed E-state index contributed by atoms with van der Waals surface area (Å²) in [4.78, 5) is 14.3. The standard InChI is InChI=1S/C27H41NO3/c1-3-4-10-20(2)25(29)14-13-23-24-18-21(17-22(24)19-26(23)30)11-6-7-12-27(31)28-15-8-5-9-16-28/h11,13-14,20,22-26,29-30H,5-10,12,15-19H2,1-2H3/t20-,22-,23+,24-,25+,26+/m0/s1. The van der Waals surface area contributed by atoms with Crippen molar-refractivity contribution in [2.75, 3.05) is 13.1 Å². The van der Waals surface area contributed by atoms with E-state index in [1.165, 1.54) is 12.0 Å². The zero-order chi connectivity index (χ0) is 22.2. The number of carbonyl (C=O) groups excluding carboxylic acids is 1. The van der Waals surface area contributed by atoms with E-state index >= 15 is 0 Å². The molecule has 1 heterocycles. The fourth-order valence-electron chi connectivity index (χ4n) is 5.62. The largest absolute Gasteiger partial charge is 0.392 e. The predicted octanol–water partition coefficient (Wildman–Crippen LogP) is 4.47. The van der Waals surface area contributed by atoms with E-state index in [-0.39, 0.29) is 17.9 Å². The molecule has 0 unspecified atom stereocenters. The topological polar surface area (TPSA) is 60.8 Å². The van der Waals surface area contributed by atoms with Crippen LogP contribution in [0, 0.1) is 35.5 Å². The van der Waals surface area contributed by atoms with E-state index in [9.17, 15) is 15.0 Å². The Morgan fingerprint density at radius 3 is 2.77 bits per heavy atom. The second kappa shape index (κ2) is 11.9. The van der Waals surface area contributed by atoms with Crippen molar-refractivity contribution in [1.82, 2.24) is 4.90 Å². The van der Waals surface area contributed by atoms with Gasteiger partial charge in [-0.05, 0) is 76.0 Å². The highest BCUT2D eigenvalue weighted by Gasteiger charge is 2.45. The third-order valence-electron chi connectivity index (χ3n) is 7.56. The summed E-state index contributed by atoms with van der Waals surface area (Å²) < 4.78 is 0. The highest BCUT2D eigenvalue weighted by atomic mass is 16.3. The molecule has 0 aromatic carbocycles. The number of likely N-dealkylation sites (tertiary alicyclic amines) is 1. The van der Waals surface area contributed by atoms with Crippen LogP contribution >= 0.6 is 0 Å². The molecular formula is C27H41NO3. The monoisotopic (exact) mass is 427 g/mol. The second-order valence-electron chi connectivity index (χ2n) is 9.89. The molecule has 2 saturated carbocycles. The van der Waals surface area contributed by atoms with Crippen molar-refractivity contribution in [1.29, 1.82) is 0 Å². The van der Waals surface area contributed by atoms with Crippen LogP contribution in [0.5, 0.6) is 0 Å². The first kappa shape index (κ1) is 24.1. The number of aliphatic hydroxyl groups is 2. The summed E-state index contributed by atoms with van der Waals surface area (Å²) in [5.74, 6) is 7.51. The van der Waals surface area contributed by atoms with Crippen LogP contribution in [0.2, 0.25) is 0 Å². The lowest BCUT2D eigenvalue weighted by Crippen LogP contribution is -2.35. The maximum absolute atomic E-state index is 12.3. The Morgan fingerprint density at radius 2 is 2.03 bits per heavy atom. The normalized spacial score (nSPS) is 31.5. The zero-order valence-corrected chi connectivity index (χ0v) is 19.4. The molecule has 0 bridgehead atoms. The molecule has 6 atom stereocenters. The molecule has 3 rings (SSSR count). The van der Waals surface area contributed by atoms with Crippen molar-refractivity contribution in [3.05, 3.63) is 23.8 Å². The number of hydrogen-bond acceptors (Lipinski definition) is 3. The molecule has 1 amide bonds. The number of allylic oxidation sites excluding steroid dienone is 2. The minimum atomic E-state index is -0.513. The molecule has 4 heteroatoms. The number of nitrogens with zero attached hydrogens (tertiary/aromatic N) is 1. The third-order valence-corrected chi connectivity index (χ3v) is 7.56. The van der Waals surface area contributed by atoms with Crippen LogP contribution in [-0.4, -0.2) is 46.3 Å². The van der Waals surface area contributed by atoms with E-state index < -0.39 is 6.10 Å². The molecule has 0 spiro atoms. The summed E-state index contributed by atoms with van der Waals surface area (Å²) in [5.41, 5.74) is 1.50. The van der Waals surface area contributed by atoms with Crippen LogP contribution in [-0.2, 0) is 4.79 Å². The number of fused-ring (bicyclic) bond motifs is 1. The minimum Gasteiger partial charge on any atom is -0.392 e. The van der Waals surface area contributed by atoms with Gasteiger partial charge in [-0.15, -0.1) is 11.8 Å². The first-order valence-electron chi connectivity index (χ1n) is 12.4. The van der Waals surface area contributed by atoms with Gasteiger partial charge >= 0.3 is 0 Å². The fraction of sp³-hybridized carbons (Fsp3) is 0.741. The molecule has 0 aromatic rings. The molecule has 0 aromatic heterocycles. The summed E-state index contributed by atoms with van der Waals surface area (Å²) in [5, 5.41) is 20.9. The fourth-order valence-corrected chi connectivity index (χ4v) is 5.62. The molecule has 172 valence electrons. The first-order chi connectivity index (χ1) is 15.0. The second-order valence-corrected chi connectivity index (χ2v) is 9.89. The minimum absolute atomic E-state index is 0.102. The van der Waals surface area contributed by atoms with E-state index in [0.717, 1.165) is 58.0 Å². The number of aliphatic hydroxyl groups excluding tert-OH is 2. The Hall–Kier alpha value is -1.57. The molecule has 2 N–H and O–H groups in total. The highest BCUT2D eigenvalue weighted by molar-refractivity contribution is 5.76. The number of rotatable bonds is 8. The lowest BCUT2D eigenvalue weighted by molar-refractivity contribution is -0.132. The summed E-state index contributed by atoms with van der Waals surface area (Å²) in [6, 6.07) is 0. The van der Waals surface area contributed by atoms with E-state index in [2.05, 4.69) is 24.0 Å². The van der Waals surface area contributed by atoms with Gasteiger partial charge in [0.25, 0.3) is 0 Å². The van der Waals surface area contributed by atoms with Crippen LogP contribution in [0.15, 0.2) is 23.8 Å². The first-order valence-corrected chi connectivity index (χ1v) is 12.4. The molecule has 1 aliphatic heterocycles. The van der Waals surface area contributed by atoms with Gasteiger partial charge in [-0.1, -0.05) is 30.7 Å². The maximum atomic E-state index is 12.3. The van der Waals surface area contributed by atoms with Gasteiger partial charge in [-0.25, -0.2) is 0 Å². The van der Waals surface area contributed by atoms with Gasteiger partial charge in [0.2, 0.25) is 5.91 Å². The summed E-state index contributed by atoms with van der Waals surface area (Å²) in [7, 11) is 0. The number of hydrogen-bond donors (Lipinski definition) is 2. The molecule has 0 radical (unpaired) electrons. The Bertz CT molecular complexity index is 710. The molecule has 1 saturated heterocycles. The van der Waals surface area contributed by atoms with Crippen molar-refractivity contribution < 1.29 is 15.0 Å².